The minimum absolute atomic E-state index is 0.449. The van der Waals surface area contributed by atoms with Gasteiger partial charge < -0.3 is 5.73 Å². The van der Waals surface area contributed by atoms with Crippen LogP contribution in [0.25, 0.3) is 16.2 Å². The normalized spacial score (nSPS) is 11.1. The highest BCUT2D eigenvalue weighted by atomic mass is 32.1. The van der Waals surface area contributed by atoms with E-state index in [1.165, 1.54) is 11.3 Å². The van der Waals surface area contributed by atoms with Crippen molar-refractivity contribution in [2.45, 2.75) is 6.92 Å². The van der Waals surface area contributed by atoms with Crippen molar-refractivity contribution >= 4 is 28.2 Å². The molecular formula is C9H8N6S. The summed E-state index contributed by atoms with van der Waals surface area (Å²) in [6.45, 7) is 1.80. The maximum absolute atomic E-state index is 5.80. The second-order valence-electron chi connectivity index (χ2n) is 3.26. The third-order valence-electron chi connectivity index (χ3n) is 2.17. The number of rotatable bonds is 1. The second-order valence-corrected chi connectivity index (χ2v) is 4.14. The summed E-state index contributed by atoms with van der Waals surface area (Å²) in [7, 11) is 0. The zero-order chi connectivity index (χ0) is 11.1. The van der Waals surface area contributed by atoms with Crippen molar-refractivity contribution in [3.63, 3.8) is 0 Å². The summed E-state index contributed by atoms with van der Waals surface area (Å²) in [6.07, 6.45) is 3.39. The van der Waals surface area contributed by atoms with Crippen LogP contribution >= 0.6 is 11.3 Å². The molecule has 7 heteroatoms. The van der Waals surface area contributed by atoms with Crippen molar-refractivity contribution in [3.05, 3.63) is 23.6 Å². The highest BCUT2D eigenvalue weighted by Crippen LogP contribution is 2.21. The van der Waals surface area contributed by atoms with Gasteiger partial charge in [0.2, 0.25) is 5.13 Å². The van der Waals surface area contributed by atoms with E-state index in [0.717, 1.165) is 10.5 Å². The molecule has 0 radical (unpaired) electrons. The fourth-order valence-electron chi connectivity index (χ4n) is 1.50. The van der Waals surface area contributed by atoms with E-state index in [0.29, 0.717) is 17.3 Å². The summed E-state index contributed by atoms with van der Waals surface area (Å²) in [6, 6.07) is 0. The fourth-order valence-corrected chi connectivity index (χ4v) is 2.10. The molecule has 0 unspecified atom stereocenters. The highest BCUT2D eigenvalue weighted by Gasteiger charge is 2.11. The van der Waals surface area contributed by atoms with Gasteiger partial charge in [-0.2, -0.15) is 9.78 Å². The van der Waals surface area contributed by atoms with Crippen molar-refractivity contribution in [1.29, 1.82) is 0 Å². The Morgan fingerprint density at radius 3 is 3.00 bits per heavy atom. The Balaban J connectivity index is 2.35. The van der Waals surface area contributed by atoms with Crippen LogP contribution in [0, 0.1) is 6.92 Å². The number of nitrogen functional groups attached to an aromatic ring is 1. The van der Waals surface area contributed by atoms with Gasteiger partial charge in [-0.3, -0.25) is 0 Å². The SMILES string of the molecule is Cc1nc(N)c2cnn(-c3nccs3)c2n1. The van der Waals surface area contributed by atoms with Crippen molar-refractivity contribution in [1.82, 2.24) is 24.7 Å². The Kier molecular flexibility index (Phi) is 1.87. The number of nitrogens with two attached hydrogens (primary N) is 1. The van der Waals surface area contributed by atoms with E-state index in [1.54, 1.807) is 24.0 Å². The van der Waals surface area contributed by atoms with Crippen molar-refractivity contribution in [2.75, 3.05) is 5.73 Å². The van der Waals surface area contributed by atoms with E-state index in [9.17, 15) is 0 Å². The van der Waals surface area contributed by atoms with E-state index >= 15 is 0 Å². The Morgan fingerprint density at radius 2 is 2.25 bits per heavy atom. The van der Waals surface area contributed by atoms with Gasteiger partial charge in [0, 0.05) is 11.6 Å². The molecule has 3 rings (SSSR count). The Hall–Kier alpha value is -2.02. The molecule has 0 aliphatic carbocycles. The smallest absolute Gasteiger partial charge is 0.212 e. The predicted octanol–water partition coefficient (Wildman–Crippen LogP) is 1.16. The van der Waals surface area contributed by atoms with Crippen LogP contribution in [-0.4, -0.2) is 24.7 Å². The van der Waals surface area contributed by atoms with Crippen LogP contribution in [-0.2, 0) is 0 Å². The largest absolute Gasteiger partial charge is 0.383 e. The van der Waals surface area contributed by atoms with Crippen LogP contribution in [0.1, 0.15) is 5.82 Å². The zero-order valence-corrected chi connectivity index (χ0v) is 9.27. The summed E-state index contributed by atoms with van der Waals surface area (Å²) >= 11 is 1.50. The Bertz CT molecular complexity index is 641. The van der Waals surface area contributed by atoms with E-state index in [2.05, 4.69) is 20.1 Å². The van der Waals surface area contributed by atoms with Crippen LogP contribution in [0.15, 0.2) is 17.8 Å². The first-order chi connectivity index (χ1) is 7.75. The minimum atomic E-state index is 0.449. The summed E-state index contributed by atoms with van der Waals surface area (Å²) in [5.74, 6) is 1.08. The van der Waals surface area contributed by atoms with Crippen molar-refractivity contribution in [2.24, 2.45) is 0 Å². The van der Waals surface area contributed by atoms with Crippen molar-refractivity contribution < 1.29 is 0 Å². The molecule has 0 saturated carbocycles. The number of nitrogens with zero attached hydrogens (tertiary/aromatic N) is 5. The quantitative estimate of drug-likeness (QED) is 0.680. The molecule has 3 heterocycles. The standard InChI is InChI=1S/C9H8N6S/c1-5-13-7(10)6-4-12-15(8(6)14-5)9-11-2-3-16-9/h2-4H,1H3,(H2,10,13,14). The third-order valence-corrected chi connectivity index (χ3v) is 2.92. The minimum Gasteiger partial charge on any atom is -0.383 e. The number of aromatic nitrogens is 5. The average molecular weight is 232 g/mol. The van der Waals surface area contributed by atoms with Crippen molar-refractivity contribution in [3.8, 4) is 5.13 Å². The molecule has 0 aromatic carbocycles. The first-order valence-corrected chi connectivity index (χ1v) is 5.51. The number of fused-ring (bicyclic) bond motifs is 1. The van der Waals surface area contributed by atoms with Gasteiger partial charge >= 0.3 is 0 Å². The zero-order valence-electron chi connectivity index (χ0n) is 8.45. The van der Waals surface area contributed by atoms with E-state index < -0.39 is 0 Å². The molecule has 6 nitrogen and oxygen atoms in total. The number of thiazole rings is 1. The molecule has 0 spiro atoms. The maximum atomic E-state index is 5.80. The lowest BCUT2D eigenvalue weighted by Gasteiger charge is -1.99. The van der Waals surface area contributed by atoms with Gasteiger partial charge in [0.05, 0.1) is 11.6 Å². The lowest BCUT2D eigenvalue weighted by Crippen LogP contribution is -2.00. The van der Waals surface area contributed by atoms with Crippen LogP contribution in [0.2, 0.25) is 0 Å². The molecular weight excluding hydrogens is 224 g/mol. The lowest BCUT2D eigenvalue weighted by atomic mass is 10.4. The fraction of sp³-hybridized carbons (Fsp3) is 0.111. The van der Waals surface area contributed by atoms with Gasteiger partial charge in [0.25, 0.3) is 0 Å². The van der Waals surface area contributed by atoms with Gasteiger partial charge in [-0.25, -0.2) is 15.0 Å². The third kappa shape index (κ3) is 1.25. The van der Waals surface area contributed by atoms with Gasteiger partial charge in [-0.05, 0) is 6.92 Å². The molecule has 0 aliphatic heterocycles. The molecule has 3 aromatic heterocycles. The monoisotopic (exact) mass is 232 g/mol. The average Bonchev–Trinajstić information content (AvgIpc) is 2.83. The molecule has 0 atom stereocenters. The summed E-state index contributed by atoms with van der Waals surface area (Å²) in [4.78, 5) is 12.6. The number of hydrogen-bond acceptors (Lipinski definition) is 6. The summed E-state index contributed by atoms with van der Waals surface area (Å²) < 4.78 is 1.67. The van der Waals surface area contributed by atoms with E-state index in [1.807, 2.05) is 5.38 Å². The Labute approximate surface area is 94.8 Å². The van der Waals surface area contributed by atoms with Gasteiger partial charge in [0.15, 0.2) is 5.65 Å². The summed E-state index contributed by atoms with van der Waals surface area (Å²) in [5.41, 5.74) is 6.50. The molecule has 16 heavy (non-hydrogen) atoms. The second kappa shape index (κ2) is 3.24. The van der Waals surface area contributed by atoms with Crippen LogP contribution in [0.5, 0.6) is 0 Å². The van der Waals surface area contributed by atoms with Gasteiger partial charge in [-0.15, -0.1) is 11.3 Å². The summed E-state index contributed by atoms with van der Waals surface area (Å²) in [5, 5.41) is 7.63. The first-order valence-electron chi connectivity index (χ1n) is 4.63. The Morgan fingerprint density at radius 1 is 1.38 bits per heavy atom. The molecule has 0 saturated heterocycles. The van der Waals surface area contributed by atoms with Crippen LogP contribution < -0.4 is 5.73 Å². The van der Waals surface area contributed by atoms with Gasteiger partial charge in [0.1, 0.15) is 11.6 Å². The van der Waals surface area contributed by atoms with E-state index in [4.69, 9.17) is 5.73 Å². The highest BCUT2D eigenvalue weighted by molar-refractivity contribution is 7.12. The number of hydrogen-bond donors (Lipinski definition) is 1. The number of anilines is 1. The predicted molar refractivity (Wildman–Crippen MR) is 61.5 cm³/mol. The molecule has 0 amide bonds. The molecule has 0 fully saturated rings. The lowest BCUT2D eigenvalue weighted by molar-refractivity contribution is 0.879. The number of aryl methyl sites for hydroxylation is 1. The molecule has 0 bridgehead atoms. The maximum Gasteiger partial charge on any atom is 0.212 e. The van der Waals surface area contributed by atoms with Crippen LogP contribution in [0.3, 0.4) is 0 Å². The first kappa shape index (κ1) is 9.22. The molecule has 0 aliphatic rings. The van der Waals surface area contributed by atoms with Gasteiger partial charge in [-0.1, -0.05) is 0 Å². The van der Waals surface area contributed by atoms with E-state index in [-0.39, 0.29) is 0 Å². The molecule has 3 aromatic rings. The molecule has 80 valence electrons. The van der Waals surface area contributed by atoms with Crippen LogP contribution in [0.4, 0.5) is 5.82 Å². The molecule has 2 N–H and O–H groups in total. The topological polar surface area (TPSA) is 82.5 Å².